The molecule has 0 atom stereocenters. The van der Waals surface area contributed by atoms with Crippen LogP contribution in [0.5, 0.6) is 0 Å². The monoisotopic (exact) mass is 218 g/mol. The number of nitrogens with zero attached hydrogens (tertiary/aromatic N) is 1. The predicted molar refractivity (Wildman–Crippen MR) is 62.8 cm³/mol. The van der Waals surface area contributed by atoms with Crippen molar-refractivity contribution in [2.24, 2.45) is 5.10 Å². The van der Waals surface area contributed by atoms with Crippen LogP contribution in [0.25, 0.3) is 0 Å². The molecule has 0 heterocycles. The molecule has 0 unspecified atom stereocenters. The van der Waals surface area contributed by atoms with Crippen molar-refractivity contribution >= 4 is 17.4 Å². The van der Waals surface area contributed by atoms with Gasteiger partial charge in [0.1, 0.15) is 5.71 Å². The molecule has 0 saturated carbocycles. The fourth-order valence-corrected chi connectivity index (χ4v) is 1.92. The van der Waals surface area contributed by atoms with Gasteiger partial charge in [-0.15, -0.1) is 0 Å². The number of carboxylic acids is 1. The number of rotatable bonds is 3. The predicted octanol–water partition coefficient (Wildman–Crippen LogP) is 2.05. The van der Waals surface area contributed by atoms with Gasteiger partial charge in [0.05, 0.1) is 5.69 Å². The molecule has 16 heavy (non-hydrogen) atoms. The Morgan fingerprint density at radius 2 is 2.25 bits per heavy atom. The van der Waals surface area contributed by atoms with E-state index in [2.05, 4.69) is 16.6 Å². The summed E-state index contributed by atoms with van der Waals surface area (Å²) in [5.74, 6) is -1.000. The normalized spacial score (nSPS) is 14.7. The average Bonchev–Trinajstić information content (AvgIpc) is 2.73. The Labute approximate surface area is 94.0 Å². The highest BCUT2D eigenvalue weighted by Crippen LogP contribution is 2.28. The largest absolute Gasteiger partial charge is 0.477 e. The number of fused-ring (bicyclic) bond motifs is 1. The lowest BCUT2D eigenvalue weighted by Crippen LogP contribution is -2.10. The Morgan fingerprint density at radius 1 is 1.44 bits per heavy atom. The van der Waals surface area contributed by atoms with E-state index in [0.717, 1.165) is 24.9 Å². The van der Waals surface area contributed by atoms with Crippen LogP contribution in [0.2, 0.25) is 0 Å². The maximum atomic E-state index is 10.6. The summed E-state index contributed by atoms with van der Waals surface area (Å²) < 4.78 is 0. The average molecular weight is 218 g/mol. The van der Waals surface area contributed by atoms with Crippen LogP contribution in [-0.2, 0) is 17.6 Å². The maximum absolute atomic E-state index is 10.6. The fourth-order valence-electron chi connectivity index (χ4n) is 1.92. The smallest absolute Gasteiger partial charge is 0.351 e. The Morgan fingerprint density at radius 3 is 3.00 bits per heavy atom. The number of carboxylic acid groups (broad SMARTS) is 1. The molecular formula is C12H14N2O2. The topological polar surface area (TPSA) is 61.7 Å². The molecule has 0 aromatic heterocycles. The summed E-state index contributed by atoms with van der Waals surface area (Å²) in [6.45, 7) is 1.47. The lowest BCUT2D eigenvalue weighted by Gasteiger charge is -2.07. The highest BCUT2D eigenvalue weighted by molar-refractivity contribution is 6.34. The van der Waals surface area contributed by atoms with E-state index >= 15 is 0 Å². The molecule has 1 aromatic rings. The first-order chi connectivity index (χ1) is 7.68. The summed E-state index contributed by atoms with van der Waals surface area (Å²) in [5, 5.41) is 12.5. The van der Waals surface area contributed by atoms with Gasteiger partial charge in [-0.1, -0.05) is 12.1 Å². The Balaban J connectivity index is 2.20. The molecule has 4 nitrogen and oxygen atoms in total. The number of carbonyl (C=O) groups is 1. The molecule has 4 heteroatoms. The van der Waals surface area contributed by atoms with E-state index in [-0.39, 0.29) is 5.71 Å². The van der Waals surface area contributed by atoms with Crippen molar-refractivity contribution in [1.29, 1.82) is 0 Å². The molecule has 1 aliphatic carbocycles. The molecule has 0 bridgehead atoms. The summed E-state index contributed by atoms with van der Waals surface area (Å²) >= 11 is 0. The van der Waals surface area contributed by atoms with E-state index in [1.54, 1.807) is 0 Å². The Bertz CT molecular complexity index is 452. The first kappa shape index (κ1) is 10.7. The van der Waals surface area contributed by atoms with Gasteiger partial charge in [0.25, 0.3) is 0 Å². The molecule has 0 aliphatic heterocycles. The number of nitrogens with one attached hydrogen (secondary N) is 1. The number of hydrogen-bond donors (Lipinski definition) is 2. The van der Waals surface area contributed by atoms with Crippen molar-refractivity contribution in [2.75, 3.05) is 5.43 Å². The minimum atomic E-state index is -1.000. The third-order valence-corrected chi connectivity index (χ3v) is 2.80. The van der Waals surface area contributed by atoms with Crippen molar-refractivity contribution in [2.45, 2.75) is 26.2 Å². The fraction of sp³-hybridized carbons (Fsp3) is 0.333. The molecule has 0 amide bonds. The van der Waals surface area contributed by atoms with Crippen molar-refractivity contribution in [3.05, 3.63) is 29.3 Å². The van der Waals surface area contributed by atoms with Crippen LogP contribution in [0.4, 0.5) is 5.69 Å². The van der Waals surface area contributed by atoms with E-state index in [1.807, 2.05) is 12.1 Å². The van der Waals surface area contributed by atoms with E-state index in [4.69, 9.17) is 5.11 Å². The highest BCUT2D eigenvalue weighted by Gasteiger charge is 2.14. The van der Waals surface area contributed by atoms with Gasteiger partial charge in [0.2, 0.25) is 0 Å². The summed E-state index contributed by atoms with van der Waals surface area (Å²) in [6, 6.07) is 6.02. The summed E-state index contributed by atoms with van der Waals surface area (Å²) in [7, 11) is 0. The van der Waals surface area contributed by atoms with Crippen LogP contribution in [0.15, 0.2) is 23.3 Å². The Kier molecular flexibility index (Phi) is 2.90. The van der Waals surface area contributed by atoms with Crippen molar-refractivity contribution in [3.63, 3.8) is 0 Å². The molecule has 1 aliphatic rings. The van der Waals surface area contributed by atoms with Gasteiger partial charge in [-0.2, -0.15) is 5.10 Å². The van der Waals surface area contributed by atoms with Crippen LogP contribution in [-0.4, -0.2) is 16.8 Å². The van der Waals surface area contributed by atoms with Gasteiger partial charge in [-0.05, 0) is 43.4 Å². The van der Waals surface area contributed by atoms with Crippen LogP contribution in [0.3, 0.4) is 0 Å². The standard InChI is InChI=1S/C12H14N2O2/c1-8(12(15)16)13-14-11-7-3-5-9-4-2-6-10(9)11/h3,5,7,14H,2,4,6H2,1H3,(H,15,16). The quantitative estimate of drug-likeness (QED) is 0.603. The van der Waals surface area contributed by atoms with Gasteiger partial charge in [-0.25, -0.2) is 4.79 Å². The number of aryl methyl sites for hydroxylation is 1. The minimum absolute atomic E-state index is 0.0654. The lowest BCUT2D eigenvalue weighted by atomic mass is 10.1. The van der Waals surface area contributed by atoms with Crippen LogP contribution in [0, 0.1) is 0 Å². The molecule has 0 spiro atoms. The van der Waals surface area contributed by atoms with Gasteiger partial charge < -0.3 is 5.11 Å². The number of aliphatic carboxylic acids is 1. The number of hydrazone groups is 1. The number of anilines is 1. The van der Waals surface area contributed by atoms with E-state index in [0.29, 0.717) is 0 Å². The molecule has 0 fully saturated rings. The minimum Gasteiger partial charge on any atom is -0.477 e. The molecule has 0 saturated heterocycles. The molecule has 84 valence electrons. The number of benzene rings is 1. The van der Waals surface area contributed by atoms with E-state index in [9.17, 15) is 4.79 Å². The van der Waals surface area contributed by atoms with E-state index < -0.39 is 5.97 Å². The summed E-state index contributed by atoms with van der Waals surface area (Å²) in [5.41, 5.74) is 6.43. The zero-order valence-corrected chi connectivity index (χ0v) is 9.16. The van der Waals surface area contributed by atoms with Gasteiger partial charge in [-0.3, -0.25) is 5.43 Å². The van der Waals surface area contributed by atoms with Crippen molar-refractivity contribution < 1.29 is 9.90 Å². The SMILES string of the molecule is CC(=NNc1cccc2c1CCC2)C(=O)O. The van der Waals surface area contributed by atoms with E-state index in [1.165, 1.54) is 18.1 Å². The second-order valence-electron chi connectivity index (χ2n) is 3.91. The first-order valence-corrected chi connectivity index (χ1v) is 5.33. The molecule has 0 radical (unpaired) electrons. The first-order valence-electron chi connectivity index (χ1n) is 5.33. The lowest BCUT2D eigenvalue weighted by molar-refractivity contribution is -0.129. The van der Waals surface area contributed by atoms with Crippen molar-refractivity contribution in [1.82, 2.24) is 0 Å². The van der Waals surface area contributed by atoms with Gasteiger partial charge in [0, 0.05) is 0 Å². The van der Waals surface area contributed by atoms with Crippen LogP contribution >= 0.6 is 0 Å². The molecule has 2 rings (SSSR count). The third-order valence-electron chi connectivity index (χ3n) is 2.80. The maximum Gasteiger partial charge on any atom is 0.351 e. The zero-order valence-electron chi connectivity index (χ0n) is 9.16. The molecule has 2 N–H and O–H groups in total. The Hall–Kier alpha value is -1.84. The third kappa shape index (κ3) is 2.05. The van der Waals surface area contributed by atoms with Gasteiger partial charge in [0.15, 0.2) is 0 Å². The van der Waals surface area contributed by atoms with Crippen LogP contribution in [0.1, 0.15) is 24.5 Å². The van der Waals surface area contributed by atoms with Gasteiger partial charge >= 0.3 is 5.97 Å². The highest BCUT2D eigenvalue weighted by atomic mass is 16.4. The zero-order chi connectivity index (χ0) is 11.5. The second kappa shape index (κ2) is 4.35. The molecule has 1 aromatic carbocycles. The second-order valence-corrected chi connectivity index (χ2v) is 3.91. The van der Waals surface area contributed by atoms with Crippen LogP contribution < -0.4 is 5.43 Å². The summed E-state index contributed by atoms with van der Waals surface area (Å²) in [4.78, 5) is 10.6. The summed E-state index contributed by atoms with van der Waals surface area (Å²) in [6.07, 6.45) is 3.31. The van der Waals surface area contributed by atoms with Crippen molar-refractivity contribution in [3.8, 4) is 0 Å². The molecular weight excluding hydrogens is 204 g/mol. The number of hydrogen-bond acceptors (Lipinski definition) is 3.